The van der Waals surface area contributed by atoms with Gasteiger partial charge in [-0.15, -0.1) is 0 Å². The van der Waals surface area contributed by atoms with Crippen molar-refractivity contribution in [2.45, 2.75) is 58.5 Å². The van der Waals surface area contributed by atoms with Gasteiger partial charge in [-0.3, -0.25) is 0 Å². The zero-order chi connectivity index (χ0) is 14.4. The number of nitriles is 1. The summed E-state index contributed by atoms with van der Waals surface area (Å²) in [6.45, 7) is 4.50. The van der Waals surface area contributed by atoms with Gasteiger partial charge in [0.25, 0.3) is 0 Å². The molecular formula is C15H23N3O2. The summed E-state index contributed by atoms with van der Waals surface area (Å²) in [5, 5.41) is 12.9. The van der Waals surface area contributed by atoms with Gasteiger partial charge in [0.1, 0.15) is 6.10 Å². The van der Waals surface area contributed by atoms with Gasteiger partial charge in [0, 0.05) is 13.0 Å². The van der Waals surface area contributed by atoms with Crippen LogP contribution in [0.3, 0.4) is 0 Å². The Kier molecular flexibility index (Phi) is 5.54. The first-order chi connectivity index (χ1) is 9.74. The van der Waals surface area contributed by atoms with Gasteiger partial charge < -0.3 is 9.26 Å². The van der Waals surface area contributed by atoms with Crippen LogP contribution in [0.15, 0.2) is 4.52 Å². The fourth-order valence-corrected chi connectivity index (χ4v) is 2.81. The number of hydrogen-bond acceptors (Lipinski definition) is 5. The zero-order valence-electron chi connectivity index (χ0n) is 12.3. The minimum atomic E-state index is -0.108. The van der Waals surface area contributed by atoms with Crippen LogP contribution in [0.2, 0.25) is 0 Å². The molecule has 20 heavy (non-hydrogen) atoms. The number of rotatable bonds is 6. The summed E-state index contributed by atoms with van der Waals surface area (Å²) < 4.78 is 11.1. The minimum Gasteiger partial charge on any atom is -0.370 e. The Hall–Kier alpha value is -1.41. The molecule has 2 atom stereocenters. The highest BCUT2D eigenvalue weighted by Gasteiger charge is 2.29. The van der Waals surface area contributed by atoms with Crippen molar-refractivity contribution in [1.82, 2.24) is 10.1 Å². The lowest BCUT2D eigenvalue weighted by Crippen LogP contribution is -2.20. The smallest absolute Gasteiger partial charge is 0.228 e. The van der Waals surface area contributed by atoms with E-state index in [2.05, 4.69) is 16.2 Å². The number of nitrogens with zero attached hydrogens (tertiary/aromatic N) is 3. The van der Waals surface area contributed by atoms with Gasteiger partial charge in [0.2, 0.25) is 11.7 Å². The second-order valence-electron chi connectivity index (χ2n) is 5.55. The van der Waals surface area contributed by atoms with Crippen LogP contribution in [-0.4, -0.2) is 16.7 Å². The van der Waals surface area contributed by atoms with Crippen molar-refractivity contribution < 1.29 is 9.26 Å². The van der Waals surface area contributed by atoms with Crippen LogP contribution >= 0.6 is 0 Å². The van der Waals surface area contributed by atoms with E-state index in [9.17, 15) is 0 Å². The van der Waals surface area contributed by atoms with Crippen LogP contribution in [0.5, 0.6) is 0 Å². The van der Waals surface area contributed by atoms with Crippen molar-refractivity contribution >= 4 is 0 Å². The molecule has 1 aliphatic carbocycles. The first-order valence-electron chi connectivity index (χ1n) is 7.58. The summed E-state index contributed by atoms with van der Waals surface area (Å²) in [7, 11) is 0. The molecule has 1 saturated carbocycles. The summed E-state index contributed by atoms with van der Waals surface area (Å²) in [4.78, 5) is 4.44. The number of ether oxygens (including phenoxy) is 1. The van der Waals surface area contributed by atoms with E-state index in [-0.39, 0.29) is 12.0 Å². The van der Waals surface area contributed by atoms with Gasteiger partial charge in [-0.05, 0) is 32.6 Å². The molecule has 2 unspecified atom stereocenters. The lowest BCUT2D eigenvalue weighted by Gasteiger charge is -2.27. The van der Waals surface area contributed by atoms with Crippen molar-refractivity contribution in [3.8, 4) is 6.07 Å². The highest BCUT2D eigenvalue weighted by Crippen LogP contribution is 2.35. The predicted octanol–water partition coefficient (Wildman–Crippen LogP) is 3.43. The van der Waals surface area contributed by atoms with Crippen molar-refractivity contribution in [2.24, 2.45) is 11.8 Å². The van der Waals surface area contributed by atoms with E-state index in [4.69, 9.17) is 14.5 Å². The Morgan fingerprint density at radius 2 is 2.15 bits per heavy atom. The van der Waals surface area contributed by atoms with Crippen molar-refractivity contribution in [2.75, 3.05) is 6.61 Å². The Bertz CT molecular complexity index is 446. The topological polar surface area (TPSA) is 71.9 Å². The number of hydrogen-bond donors (Lipinski definition) is 0. The van der Waals surface area contributed by atoms with Crippen molar-refractivity contribution in [1.29, 1.82) is 5.26 Å². The molecule has 1 heterocycles. The molecule has 1 aromatic heterocycles. The van der Waals surface area contributed by atoms with Crippen LogP contribution in [0.1, 0.15) is 63.8 Å². The maximum atomic E-state index is 8.84. The molecule has 0 aromatic carbocycles. The molecule has 0 bridgehead atoms. The average Bonchev–Trinajstić information content (AvgIpc) is 2.93. The van der Waals surface area contributed by atoms with Gasteiger partial charge in [0.15, 0.2) is 0 Å². The normalized spacial score (nSPS) is 19.4. The summed E-state index contributed by atoms with van der Waals surface area (Å²) in [5.74, 6) is 1.57. The van der Waals surface area contributed by atoms with Crippen molar-refractivity contribution in [3.05, 3.63) is 11.7 Å². The largest absolute Gasteiger partial charge is 0.370 e. The van der Waals surface area contributed by atoms with Crippen LogP contribution in [-0.2, 0) is 11.2 Å². The third-order valence-electron chi connectivity index (χ3n) is 3.86. The molecule has 0 aliphatic heterocycles. The van der Waals surface area contributed by atoms with E-state index < -0.39 is 0 Å². The summed E-state index contributed by atoms with van der Waals surface area (Å²) in [6.07, 6.45) is 6.61. The molecule has 1 fully saturated rings. The van der Waals surface area contributed by atoms with E-state index in [0.29, 0.717) is 30.7 Å². The Morgan fingerprint density at radius 1 is 1.40 bits per heavy atom. The van der Waals surface area contributed by atoms with E-state index in [1.54, 1.807) is 0 Å². The van der Waals surface area contributed by atoms with E-state index in [1.165, 1.54) is 32.1 Å². The van der Waals surface area contributed by atoms with Gasteiger partial charge in [-0.25, -0.2) is 0 Å². The van der Waals surface area contributed by atoms with Crippen LogP contribution in [0.4, 0.5) is 0 Å². The standard InChI is InChI=1S/C15H23N3O2/c1-3-19-14(12-7-5-4-6-8-12)15-17-13(20-18-15)9-11(2)10-16/h11-12,14H,3-9H2,1-2H3. The van der Waals surface area contributed by atoms with Crippen LogP contribution in [0.25, 0.3) is 0 Å². The molecule has 5 heteroatoms. The molecule has 0 N–H and O–H groups in total. The van der Waals surface area contributed by atoms with Gasteiger partial charge >= 0.3 is 0 Å². The van der Waals surface area contributed by atoms with E-state index in [0.717, 1.165) is 0 Å². The molecule has 0 radical (unpaired) electrons. The second-order valence-corrected chi connectivity index (χ2v) is 5.55. The molecule has 0 spiro atoms. The third-order valence-corrected chi connectivity index (χ3v) is 3.86. The maximum Gasteiger partial charge on any atom is 0.228 e. The molecule has 0 amide bonds. The quantitative estimate of drug-likeness (QED) is 0.796. The second kappa shape index (κ2) is 7.39. The monoisotopic (exact) mass is 277 g/mol. The van der Waals surface area contributed by atoms with Gasteiger partial charge in [-0.1, -0.05) is 24.4 Å². The van der Waals surface area contributed by atoms with Gasteiger partial charge in [-0.2, -0.15) is 10.2 Å². The predicted molar refractivity (Wildman–Crippen MR) is 73.7 cm³/mol. The first kappa shape index (κ1) is 15.0. The lowest BCUT2D eigenvalue weighted by molar-refractivity contribution is -0.00145. The van der Waals surface area contributed by atoms with Crippen molar-refractivity contribution in [3.63, 3.8) is 0 Å². The highest BCUT2D eigenvalue weighted by atomic mass is 16.5. The summed E-state index contributed by atoms with van der Waals surface area (Å²) in [6, 6.07) is 2.18. The zero-order valence-corrected chi connectivity index (χ0v) is 12.3. The Labute approximate surface area is 120 Å². The fourth-order valence-electron chi connectivity index (χ4n) is 2.81. The Morgan fingerprint density at radius 3 is 2.80 bits per heavy atom. The van der Waals surface area contributed by atoms with Gasteiger partial charge in [0.05, 0.1) is 12.0 Å². The molecule has 0 saturated heterocycles. The SMILES string of the molecule is CCOC(c1noc(CC(C)C#N)n1)C1CCCCC1. The maximum absolute atomic E-state index is 8.84. The van der Waals surface area contributed by atoms with Crippen LogP contribution in [0, 0.1) is 23.2 Å². The highest BCUT2D eigenvalue weighted by molar-refractivity contribution is 4.97. The van der Waals surface area contributed by atoms with E-state index >= 15 is 0 Å². The first-order valence-corrected chi connectivity index (χ1v) is 7.58. The molecule has 1 aliphatic rings. The molecule has 2 rings (SSSR count). The summed E-state index contributed by atoms with van der Waals surface area (Å²) >= 11 is 0. The molecule has 5 nitrogen and oxygen atoms in total. The van der Waals surface area contributed by atoms with Crippen LogP contribution < -0.4 is 0 Å². The van der Waals surface area contributed by atoms with E-state index in [1.807, 2.05) is 13.8 Å². The Balaban J connectivity index is 2.07. The fraction of sp³-hybridized carbons (Fsp3) is 0.800. The molecule has 1 aromatic rings. The number of aromatic nitrogens is 2. The average molecular weight is 277 g/mol. The lowest BCUT2D eigenvalue weighted by atomic mass is 9.85. The third kappa shape index (κ3) is 3.80. The minimum absolute atomic E-state index is 0.0600. The summed E-state index contributed by atoms with van der Waals surface area (Å²) in [5.41, 5.74) is 0. The molecule has 110 valence electrons. The molecular weight excluding hydrogens is 254 g/mol.